The molecule has 3 rings (SSSR count). The van der Waals surface area contributed by atoms with Crippen LogP contribution >= 0.6 is 0 Å². The first-order valence-electron chi connectivity index (χ1n) is 7.67. The summed E-state index contributed by atoms with van der Waals surface area (Å²) in [7, 11) is 4.30. The Morgan fingerprint density at radius 3 is 2.58 bits per heavy atom. The Kier molecular flexibility index (Phi) is 3.64. The molecule has 19 heavy (non-hydrogen) atoms. The van der Waals surface area contributed by atoms with Crippen molar-refractivity contribution in [3.63, 3.8) is 0 Å². The second-order valence-electron chi connectivity index (χ2n) is 6.53. The highest BCUT2D eigenvalue weighted by Gasteiger charge is 2.43. The first-order chi connectivity index (χ1) is 9.23. The van der Waals surface area contributed by atoms with Gasteiger partial charge in [0.05, 0.1) is 0 Å². The zero-order valence-electron chi connectivity index (χ0n) is 12.3. The highest BCUT2D eigenvalue weighted by atomic mass is 15.1. The van der Waals surface area contributed by atoms with Crippen molar-refractivity contribution in [1.82, 2.24) is 10.2 Å². The number of benzene rings is 1. The number of likely N-dealkylation sites (tertiary alicyclic amines) is 1. The molecule has 1 atom stereocenters. The van der Waals surface area contributed by atoms with E-state index in [0.717, 1.165) is 12.5 Å². The largest absolute Gasteiger partial charge is 0.319 e. The standard InChI is InChI=1S/C17H26N2/c1-18-13-17(9-10-17)16-7-5-14(6-8-16)15-4-3-11-19(2)12-15/h5-8,15,18H,3-4,9-13H2,1-2H3. The zero-order chi connectivity index (χ0) is 13.3. The monoisotopic (exact) mass is 258 g/mol. The molecular formula is C17H26N2. The van der Waals surface area contributed by atoms with Crippen LogP contribution < -0.4 is 5.32 Å². The summed E-state index contributed by atoms with van der Waals surface area (Å²) in [4.78, 5) is 2.46. The second-order valence-corrected chi connectivity index (χ2v) is 6.53. The van der Waals surface area contributed by atoms with E-state index in [-0.39, 0.29) is 0 Å². The third-order valence-corrected chi connectivity index (χ3v) is 4.99. The van der Waals surface area contributed by atoms with Crippen LogP contribution in [0.2, 0.25) is 0 Å². The van der Waals surface area contributed by atoms with Crippen LogP contribution in [0.15, 0.2) is 24.3 Å². The predicted octanol–water partition coefficient (Wildman–Crippen LogP) is 2.75. The van der Waals surface area contributed by atoms with Crippen molar-refractivity contribution in [2.45, 2.75) is 37.0 Å². The van der Waals surface area contributed by atoms with Gasteiger partial charge in [0, 0.05) is 18.5 Å². The minimum absolute atomic E-state index is 0.455. The number of piperidine rings is 1. The Hall–Kier alpha value is -0.860. The topological polar surface area (TPSA) is 15.3 Å². The molecule has 2 fully saturated rings. The second kappa shape index (κ2) is 5.26. The van der Waals surface area contributed by atoms with E-state index in [9.17, 15) is 0 Å². The van der Waals surface area contributed by atoms with Crippen LogP contribution in [0.5, 0.6) is 0 Å². The van der Waals surface area contributed by atoms with E-state index >= 15 is 0 Å². The summed E-state index contributed by atoms with van der Waals surface area (Å²) >= 11 is 0. The van der Waals surface area contributed by atoms with E-state index < -0.39 is 0 Å². The van der Waals surface area contributed by atoms with Gasteiger partial charge < -0.3 is 10.2 Å². The van der Waals surface area contributed by atoms with Crippen LogP contribution in [0.3, 0.4) is 0 Å². The molecule has 1 saturated carbocycles. The molecule has 0 bridgehead atoms. The Labute approximate surface area is 117 Å². The maximum Gasteiger partial charge on any atom is 0.00783 e. The number of rotatable bonds is 4. The molecule has 2 heteroatoms. The van der Waals surface area contributed by atoms with Crippen LogP contribution in [0.4, 0.5) is 0 Å². The van der Waals surface area contributed by atoms with Gasteiger partial charge in [-0.25, -0.2) is 0 Å². The molecule has 1 aliphatic carbocycles. The molecule has 0 aromatic heterocycles. The van der Waals surface area contributed by atoms with Crippen molar-refractivity contribution in [3.05, 3.63) is 35.4 Å². The SMILES string of the molecule is CNCC1(c2ccc(C3CCCN(C)C3)cc2)CC1. The summed E-state index contributed by atoms with van der Waals surface area (Å²) in [6, 6.07) is 9.53. The lowest BCUT2D eigenvalue weighted by atomic mass is 9.88. The molecule has 1 aliphatic heterocycles. The van der Waals surface area contributed by atoms with E-state index in [1.54, 1.807) is 0 Å². The van der Waals surface area contributed by atoms with Crippen LogP contribution in [0.25, 0.3) is 0 Å². The van der Waals surface area contributed by atoms with E-state index in [0.29, 0.717) is 5.41 Å². The van der Waals surface area contributed by atoms with Crippen molar-refractivity contribution >= 4 is 0 Å². The fourth-order valence-corrected chi connectivity index (χ4v) is 3.60. The summed E-state index contributed by atoms with van der Waals surface area (Å²) < 4.78 is 0. The fourth-order valence-electron chi connectivity index (χ4n) is 3.60. The number of hydrogen-bond acceptors (Lipinski definition) is 2. The normalized spacial score (nSPS) is 26.3. The Bertz CT molecular complexity index is 419. The number of likely N-dealkylation sites (N-methyl/N-ethyl adjacent to an activating group) is 2. The summed E-state index contributed by atoms with van der Waals surface area (Å²) in [5.41, 5.74) is 3.53. The van der Waals surface area contributed by atoms with Crippen molar-refractivity contribution in [3.8, 4) is 0 Å². The summed E-state index contributed by atoms with van der Waals surface area (Å²) in [5, 5.41) is 3.35. The van der Waals surface area contributed by atoms with Crippen molar-refractivity contribution < 1.29 is 0 Å². The van der Waals surface area contributed by atoms with Gasteiger partial charge >= 0.3 is 0 Å². The minimum atomic E-state index is 0.455. The van der Waals surface area contributed by atoms with Crippen molar-refractivity contribution in [2.24, 2.45) is 0 Å². The number of nitrogens with one attached hydrogen (secondary N) is 1. The highest BCUT2D eigenvalue weighted by molar-refractivity contribution is 5.35. The fraction of sp³-hybridized carbons (Fsp3) is 0.647. The quantitative estimate of drug-likeness (QED) is 0.893. The first-order valence-corrected chi connectivity index (χ1v) is 7.67. The lowest BCUT2D eigenvalue weighted by Gasteiger charge is -2.30. The van der Waals surface area contributed by atoms with Crippen LogP contribution in [-0.2, 0) is 5.41 Å². The summed E-state index contributed by atoms with van der Waals surface area (Å²) in [6.45, 7) is 3.61. The molecular weight excluding hydrogens is 232 g/mol. The van der Waals surface area contributed by atoms with Gasteiger partial charge in [0.2, 0.25) is 0 Å². The number of nitrogens with zero attached hydrogens (tertiary/aromatic N) is 1. The molecule has 1 aromatic rings. The zero-order valence-corrected chi connectivity index (χ0v) is 12.3. The van der Waals surface area contributed by atoms with Crippen LogP contribution in [0, 0.1) is 0 Å². The Balaban J connectivity index is 1.72. The van der Waals surface area contributed by atoms with Gasteiger partial charge in [-0.3, -0.25) is 0 Å². The highest BCUT2D eigenvalue weighted by Crippen LogP contribution is 2.47. The molecule has 1 unspecified atom stereocenters. The van der Waals surface area contributed by atoms with Gasteiger partial charge in [0.25, 0.3) is 0 Å². The van der Waals surface area contributed by atoms with Gasteiger partial charge in [-0.1, -0.05) is 24.3 Å². The first kappa shape index (κ1) is 13.1. The predicted molar refractivity (Wildman–Crippen MR) is 80.8 cm³/mol. The minimum Gasteiger partial charge on any atom is -0.319 e. The molecule has 2 nitrogen and oxygen atoms in total. The molecule has 1 N–H and O–H groups in total. The van der Waals surface area contributed by atoms with E-state index in [2.05, 4.69) is 48.6 Å². The molecule has 1 aromatic carbocycles. The van der Waals surface area contributed by atoms with E-state index in [1.165, 1.54) is 49.9 Å². The molecule has 104 valence electrons. The average molecular weight is 258 g/mol. The Morgan fingerprint density at radius 1 is 1.26 bits per heavy atom. The maximum absolute atomic E-state index is 3.35. The Morgan fingerprint density at radius 2 is 2.00 bits per heavy atom. The molecule has 1 saturated heterocycles. The smallest absolute Gasteiger partial charge is 0.00783 e. The maximum atomic E-state index is 3.35. The van der Waals surface area contributed by atoms with Gasteiger partial charge in [-0.05, 0) is 63.4 Å². The lowest BCUT2D eigenvalue weighted by Crippen LogP contribution is -2.30. The average Bonchev–Trinajstić information content (AvgIpc) is 3.20. The number of hydrogen-bond donors (Lipinski definition) is 1. The summed E-state index contributed by atoms with van der Waals surface area (Å²) in [5.74, 6) is 0.743. The van der Waals surface area contributed by atoms with Crippen molar-refractivity contribution in [2.75, 3.05) is 33.7 Å². The van der Waals surface area contributed by atoms with Crippen LogP contribution in [0.1, 0.15) is 42.7 Å². The third-order valence-electron chi connectivity index (χ3n) is 4.99. The van der Waals surface area contributed by atoms with Gasteiger partial charge in [-0.15, -0.1) is 0 Å². The molecule has 0 spiro atoms. The molecule has 0 amide bonds. The van der Waals surface area contributed by atoms with E-state index in [4.69, 9.17) is 0 Å². The lowest BCUT2D eigenvalue weighted by molar-refractivity contribution is 0.251. The van der Waals surface area contributed by atoms with Gasteiger partial charge in [-0.2, -0.15) is 0 Å². The van der Waals surface area contributed by atoms with Crippen LogP contribution in [-0.4, -0.2) is 38.6 Å². The molecule has 0 radical (unpaired) electrons. The van der Waals surface area contributed by atoms with E-state index in [1.807, 2.05) is 0 Å². The van der Waals surface area contributed by atoms with Crippen molar-refractivity contribution in [1.29, 1.82) is 0 Å². The van der Waals surface area contributed by atoms with Gasteiger partial charge in [0.1, 0.15) is 0 Å². The molecule has 1 heterocycles. The molecule has 2 aliphatic rings. The third kappa shape index (κ3) is 2.70. The van der Waals surface area contributed by atoms with Gasteiger partial charge in [0.15, 0.2) is 0 Å². The summed E-state index contributed by atoms with van der Waals surface area (Å²) in [6.07, 6.45) is 5.39.